The Kier molecular flexibility index (Phi) is 3.63. The Bertz CT molecular complexity index is 327. The number of alkyl halides is 9. The van der Waals surface area contributed by atoms with Crippen molar-refractivity contribution in [2.75, 3.05) is 0 Å². The SMILES string of the molecule is C=C(C=O)C(F)(F)C(F)(F)C(F)(F)C(F)(F)F. The number of rotatable bonds is 4. The van der Waals surface area contributed by atoms with Crippen LogP contribution in [0.4, 0.5) is 39.5 Å². The van der Waals surface area contributed by atoms with Crippen LogP contribution >= 0.6 is 0 Å². The van der Waals surface area contributed by atoms with Gasteiger partial charge in [-0.25, -0.2) is 0 Å². The number of carbonyl (C=O) groups excluding carboxylic acids is 1. The lowest BCUT2D eigenvalue weighted by atomic mass is 9.98. The number of carbonyl (C=O) groups is 1. The number of hydrogen-bond donors (Lipinski definition) is 0. The summed E-state index contributed by atoms with van der Waals surface area (Å²) < 4.78 is 109. The summed E-state index contributed by atoms with van der Waals surface area (Å²) in [6, 6.07) is 0. The van der Waals surface area contributed by atoms with E-state index in [0.717, 1.165) is 0 Å². The molecule has 100 valence electrons. The molecule has 0 saturated heterocycles. The molecule has 0 bridgehead atoms. The minimum Gasteiger partial charge on any atom is -0.298 e. The van der Waals surface area contributed by atoms with Crippen molar-refractivity contribution < 1.29 is 44.3 Å². The Labute approximate surface area is 87.9 Å². The molecule has 0 N–H and O–H groups in total. The standard InChI is InChI=1S/C7H3F9O/c1-3(2-17)4(8,9)5(10,11)6(12,13)7(14,15)16/h2H,1H2. The second-order valence-electron chi connectivity index (χ2n) is 2.86. The van der Waals surface area contributed by atoms with Gasteiger partial charge in [0.25, 0.3) is 0 Å². The molecule has 0 aromatic heterocycles. The van der Waals surface area contributed by atoms with Gasteiger partial charge >= 0.3 is 23.9 Å². The molecular weight excluding hydrogens is 271 g/mol. The van der Waals surface area contributed by atoms with E-state index in [1.807, 2.05) is 6.58 Å². The van der Waals surface area contributed by atoms with E-state index in [1.54, 1.807) is 0 Å². The molecule has 0 radical (unpaired) electrons. The second-order valence-corrected chi connectivity index (χ2v) is 2.86. The zero-order valence-electron chi connectivity index (χ0n) is 7.59. The fraction of sp³-hybridized carbons (Fsp3) is 0.571. The van der Waals surface area contributed by atoms with Crippen LogP contribution in [0.3, 0.4) is 0 Å². The third-order valence-electron chi connectivity index (χ3n) is 1.69. The number of allylic oxidation sites excluding steroid dienone is 1. The normalized spacial score (nSPS) is 14.6. The van der Waals surface area contributed by atoms with Crippen LogP contribution < -0.4 is 0 Å². The van der Waals surface area contributed by atoms with Crippen molar-refractivity contribution in [3.63, 3.8) is 0 Å². The van der Waals surface area contributed by atoms with Gasteiger partial charge in [0.15, 0.2) is 6.29 Å². The summed E-state index contributed by atoms with van der Waals surface area (Å²) in [6.45, 7) is 2.01. The molecule has 10 heteroatoms. The van der Waals surface area contributed by atoms with Gasteiger partial charge in [0.05, 0.1) is 5.57 Å². The fourth-order valence-corrected chi connectivity index (χ4v) is 0.651. The van der Waals surface area contributed by atoms with E-state index in [2.05, 4.69) is 0 Å². The average Bonchev–Trinajstić information content (AvgIpc) is 2.13. The van der Waals surface area contributed by atoms with Gasteiger partial charge in [0.1, 0.15) is 0 Å². The van der Waals surface area contributed by atoms with Crippen LogP contribution in [0, 0.1) is 0 Å². The van der Waals surface area contributed by atoms with Crippen LogP contribution in [-0.2, 0) is 4.79 Å². The van der Waals surface area contributed by atoms with Crippen molar-refractivity contribution in [1.82, 2.24) is 0 Å². The lowest BCUT2D eigenvalue weighted by Gasteiger charge is -2.33. The summed E-state index contributed by atoms with van der Waals surface area (Å²) in [6.07, 6.45) is -7.93. The third-order valence-corrected chi connectivity index (χ3v) is 1.69. The largest absolute Gasteiger partial charge is 0.460 e. The molecule has 0 rings (SSSR count). The maximum absolute atomic E-state index is 12.6. The van der Waals surface area contributed by atoms with Crippen LogP contribution in [0.5, 0.6) is 0 Å². The monoisotopic (exact) mass is 274 g/mol. The highest BCUT2D eigenvalue weighted by atomic mass is 19.4. The first-order valence-corrected chi connectivity index (χ1v) is 3.58. The van der Waals surface area contributed by atoms with Crippen LogP contribution in [0.15, 0.2) is 12.2 Å². The van der Waals surface area contributed by atoms with Crippen LogP contribution in [0.25, 0.3) is 0 Å². The fourth-order valence-electron chi connectivity index (χ4n) is 0.651. The molecule has 0 aliphatic rings. The van der Waals surface area contributed by atoms with Crippen molar-refractivity contribution in [3.05, 3.63) is 12.2 Å². The highest BCUT2D eigenvalue weighted by Gasteiger charge is 2.82. The molecule has 0 aromatic carbocycles. The molecule has 0 saturated carbocycles. The molecule has 1 nitrogen and oxygen atoms in total. The first kappa shape index (κ1) is 15.8. The van der Waals surface area contributed by atoms with E-state index in [0.29, 0.717) is 0 Å². The van der Waals surface area contributed by atoms with E-state index < -0.39 is 35.8 Å². The maximum Gasteiger partial charge on any atom is 0.460 e. The Hall–Kier alpha value is -1.22. The van der Waals surface area contributed by atoms with E-state index in [9.17, 15) is 44.3 Å². The summed E-state index contributed by atoms with van der Waals surface area (Å²) in [5, 5.41) is 0. The van der Waals surface area contributed by atoms with Gasteiger partial charge < -0.3 is 0 Å². The summed E-state index contributed by atoms with van der Waals surface area (Å²) in [4.78, 5) is 9.74. The Balaban J connectivity index is 5.71. The number of hydrogen-bond acceptors (Lipinski definition) is 1. The Morgan fingerprint density at radius 3 is 1.41 bits per heavy atom. The van der Waals surface area contributed by atoms with Crippen molar-refractivity contribution in [2.24, 2.45) is 0 Å². The third kappa shape index (κ3) is 2.12. The first-order valence-electron chi connectivity index (χ1n) is 3.58. The first-order chi connectivity index (χ1) is 7.23. The maximum atomic E-state index is 12.6. The molecule has 0 unspecified atom stereocenters. The van der Waals surface area contributed by atoms with Gasteiger partial charge in [0, 0.05) is 0 Å². The molecule has 0 aliphatic heterocycles. The summed E-state index contributed by atoms with van der Waals surface area (Å²) >= 11 is 0. The van der Waals surface area contributed by atoms with E-state index >= 15 is 0 Å². The zero-order valence-corrected chi connectivity index (χ0v) is 7.59. The van der Waals surface area contributed by atoms with Crippen LogP contribution in [-0.4, -0.2) is 30.2 Å². The smallest absolute Gasteiger partial charge is 0.298 e. The lowest BCUT2D eigenvalue weighted by Crippen LogP contribution is -2.61. The molecular formula is C7H3F9O. The Morgan fingerprint density at radius 1 is 0.824 bits per heavy atom. The van der Waals surface area contributed by atoms with Gasteiger partial charge in [0.2, 0.25) is 0 Å². The van der Waals surface area contributed by atoms with E-state index in [-0.39, 0.29) is 0 Å². The predicted octanol–water partition coefficient (Wildman–Crippen LogP) is 3.21. The highest BCUT2D eigenvalue weighted by molar-refractivity contribution is 5.75. The van der Waals surface area contributed by atoms with E-state index in [4.69, 9.17) is 0 Å². The Morgan fingerprint density at radius 2 is 1.18 bits per heavy atom. The number of aldehydes is 1. The summed E-state index contributed by atoms with van der Waals surface area (Å²) in [5.74, 6) is -19.8. The minimum atomic E-state index is -7.00. The summed E-state index contributed by atoms with van der Waals surface area (Å²) in [5.41, 5.74) is -2.38. The lowest BCUT2D eigenvalue weighted by molar-refractivity contribution is -0.389. The molecule has 0 spiro atoms. The van der Waals surface area contributed by atoms with Crippen molar-refractivity contribution in [3.8, 4) is 0 Å². The molecule has 0 atom stereocenters. The molecule has 0 amide bonds. The topological polar surface area (TPSA) is 17.1 Å². The van der Waals surface area contributed by atoms with Gasteiger partial charge in [-0.1, -0.05) is 6.58 Å². The summed E-state index contributed by atoms with van der Waals surface area (Å²) in [7, 11) is 0. The highest BCUT2D eigenvalue weighted by Crippen LogP contribution is 2.54. The zero-order chi connectivity index (χ0) is 14.3. The van der Waals surface area contributed by atoms with Crippen molar-refractivity contribution in [2.45, 2.75) is 23.9 Å². The van der Waals surface area contributed by atoms with Gasteiger partial charge in [-0.2, -0.15) is 39.5 Å². The average molecular weight is 274 g/mol. The molecule has 0 aromatic rings. The predicted molar refractivity (Wildman–Crippen MR) is 36.1 cm³/mol. The van der Waals surface area contributed by atoms with Crippen molar-refractivity contribution in [1.29, 1.82) is 0 Å². The quantitative estimate of drug-likeness (QED) is 0.437. The molecule has 0 fully saturated rings. The van der Waals surface area contributed by atoms with Gasteiger partial charge in [-0.15, -0.1) is 0 Å². The molecule has 0 aliphatic carbocycles. The minimum absolute atomic E-state index is 1.03. The second kappa shape index (κ2) is 3.91. The number of halogens is 9. The van der Waals surface area contributed by atoms with Crippen molar-refractivity contribution >= 4 is 6.29 Å². The van der Waals surface area contributed by atoms with E-state index in [1.165, 1.54) is 0 Å². The van der Waals surface area contributed by atoms with Crippen LogP contribution in [0.1, 0.15) is 0 Å². The molecule has 0 heterocycles. The van der Waals surface area contributed by atoms with Crippen LogP contribution in [0.2, 0.25) is 0 Å². The van der Waals surface area contributed by atoms with Gasteiger partial charge in [-0.05, 0) is 0 Å². The molecule has 17 heavy (non-hydrogen) atoms. The van der Waals surface area contributed by atoms with Gasteiger partial charge in [-0.3, -0.25) is 4.79 Å².